The highest BCUT2D eigenvalue weighted by Crippen LogP contribution is 2.16. The van der Waals surface area contributed by atoms with Gasteiger partial charge >= 0.3 is 5.97 Å². The molecule has 27 heavy (non-hydrogen) atoms. The summed E-state index contributed by atoms with van der Waals surface area (Å²) in [5.74, 6) is -2.30. The Hall–Kier alpha value is -2.42. The van der Waals surface area contributed by atoms with Gasteiger partial charge in [0.15, 0.2) is 0 Å². The fourth-order valence-corrected chi connectivity index (χ4v) is 3.57. The van der Waals surface area contributed by atoms with Gasteiger partial charge in [-0.25, -0.2) is 13.1 Å². The van der Waals surface area contributed by atoms with E-state index < -0.39 is 21.9 Å². The second-order valence-electron chi connectivity index (χ2n) is 5.92. The topological polar surface area (TPSA) is 113 Å². The predicted molar refractivity (Wildman–Crippen MR) is 102 cm³/mol. The normalized spacial score (nSPS) is 12.4. The van der Waals surface area contributed by atoms with Crippen molar-refractivity contribution in [3.63, 3.8) is 0 Å². The molecule has 0 aliphatic rings. The molecule has 2 aromatic carbocycles. The van der Waals surface area contributed by atoms with E-state index >= 15 is 0 Å². The first-order chi connectivity index (χ1) is 12.7. The Balaban J connectivity index is 2.05. The zero-order valence-electron chi connectivity index (χ0n) is 14.5. The molecular formula is C18H19ClN2O5S. The van der Waals surface area contributed by atoms with Gasteiger partial charge in [-0.3, -0.25) is 9.59 Å². The van der Waals surface area contributed by atoms with E-state index in [2.05, 4.69) is 10.0 Å². The fraction of sp³-hybridized carbons (Fsp3) is 0.222. The van der Waals surface area contributed by atoms with Crippen LogP contribution < -0.4 is 10.0 Å². The molecule has 2 rings (SSSR count). The fourth-order valence-electron chi connectivity index (χ4n) is 2.37. The van der Waals surface area contributed by atoms with Crippen molar-refractivity contribution in [1.82, 2.24) is 4.72 Å². The molecule has 0 aliphatic heterocycles. The number of halogens is 1. The standard InChI is InChI=1S/C18H19ClN2O5S/c1-12(22)21-16-6-8-17(9-7-16)27(25,26)20-11-14(18(23)24)10-13-2-4-15(19)5-3-13/h2-9,14,20H,10-11H2,1H3,(H,21,22)(H,23,24). The quantitative estimate of drug-likeness (QED) is 0.619. The van der Waals surface area contributed by atoms with Crippen LogP contribution in [0.2, 0.25) is 5.02 Å². The van der Waals surface area contributed by atoms with Crippen molar-refractivity contribution in [3.8, 4) is 0 Å². The van der Waals surface area contributed by atoms with Crippen molar-refractivity contribution in [1.29, 1.82) is 0 Å². The monoisotopic (exact) mass is 410 g/mol. The second kappa shape index (κ2) is 8.98. The van der Waals surface area contributed by atoms with Crippen LogP contribution in [0.1, 0.15) is 12.5 Å². The first-order valence-corrected chi connectivity index (χ1v) is 9.88. The maximum Gasteiger partial charge on any atom is 0.308 e. The summed E-state index contributed by atoms with van der Waals surface area (Å²) in [6.45, 7) is 1.09. The van der Waals surface area contributed by atoms with Gasteiger partial charge in [-0.05, 0) is 48.4 Å². The molecule has 0 spiro atoms. The van der Waals surface area contributed by atoms with Crippen LogP contribution in [-0.4, -0.2) is 31.9 Å². The minimum Gasteiger partial charge on any atom is -0.481 e. The first kappa shape index (κ1) is 20.9. The zero-order valence-corrected chi connectivity index (χ0v) is 16.0. The van der Waals surface area contributed by atoms with Gasteiger partial charge in [-0.15, -0.1) is 0 Å². The van der Waals surface area contributed by atoms with Crippen molar-refractivity contribution in [3.05, 3.63) is 59.1 Å². The minimum absolute atomic E-state index is 0.0211. The molecule has 1 amide bonds. The van der Waals surface area contributed by atoms with Crippen molar-refractivity contribution in [2.45, 2.75) is 18.2 Å². The molecule has 0 bridgehead atoms. The molecule has 0 saturated carbocycles. The van der Waals surface area contributed by atoms with Crippen LogP contribution in [0.4, 0.5) is 5.69 Å². The SMILES string of the molecule is CC(=O)Nc1ccc(S(=O)(=O)NCC(Cc2ccc(Cl)cc2)C(=O)O)cc1. The van der Waals surface area contributed by atoms with E-state index in [4.69, 9.17) is 11.6 Å². The van der Waals surface area contributed by atoms with Crippen molar-refractivity contribution < 1.29 is 23.1 Å². The molecule has 1 unspecified atom stereocenters. The largest absolute Gasteiger partial charge is 0.481 e. The Kier molecular flexibility index (Phi) is 6.95. The van der Waals surface area contributed by atoms with Gasteiger partial charge in [0, 0.05) is 24.2 Å². The zero-order chi connectivity index (χ0) is 20.0. The number of carboxylic acid groups (broad SMARTS) is 1. The van der Waals surface area contributed by atoms with Gasteiger partial charge in [-0.1, -0.05) is 23.7 Å². The molecule has 0 radical (unpaired) electrons. The van der Waals surface area contributed by atoms with E-state index in [9.17, 15) is 23.1 Å². The van der Waals surface area contributed by atoms with Crippen LogP contribution >= 0.6 is 11.6 Å². The third-order valence-corrected chi connectivity index (χ3v) is 5.44. The molecule has 9 heteroatoms. The van der Waals surface area contributed by atoms with E-state index in [0.717, 1.165) is 5.56 Å². The molecule has 0 heterocycles. The summed E-state index contributed by atoms with van der Waals surface area (Å²) >= 11 is 5.81. The van der Waals surface area contributed by atoms with Crippen LogP contribution in [-0.2, 0) is 26.0 Å². The molecule has 0 aliphatic carbocycles. The molecule has 1 atom stereocenters. The van der Waals surface area contributed by atoms with Crippen molar-refractivity contribution >= 4 is 39.2 Å². The van der Waals surface area contributed by atoms with E-state index in [1.165, 1.54) is 31.2 Å². The van der Waals surface area contributed by atoms with E-state index in [-0.39, 0.29) is 23.8 Å². The van der Waals surface area contributed by atoms with Gasteiger partial charge in [0.1, 0.15) is 0 Å². The Morgan fingerprint density at radius 3 is 2.19 bits per heavy atom. The summed E-state index contributed by atoms with van der Waals surface area (Å²) < 4.78 is 27.1. The molecule has 0 saturated heterocycles. The van der Waals surface area contributed by atoms with Crippen LogP contribution in [0.25, 0.3) is 0 Å². The molecule has 2 aromatic rings. The molecule has 144 valence electrons. The average molecular weight is 411 g/mol. The maximum absolute atomic E-state index is 12.4. The van der Waals surface area contributed by atoms with Gasteiger partial charge < -0.3 is 10.4 Å². The number of hydrogen-bond acceptors (Lipinski definition) is 4. The maximum atomic E-state index is 12.4. The number of carbonyl (C=O) groups excluding carboxylic acids is 1. The van der Waals surface area contributed by atoms with Gasteiger partial charge in [0.05, 0.1) is 10.8 Å². The summed E-state index contributed by atoms with van der Waals surface area (Å²) in [5.41, 5.74) is 1.21. The number of anilines is 1. The van der Waals surface area contributed by atoms with Crippen LogP contribution in [0.15, 0.2) is 53.4 Å². The highest BCUT2D eigenvalue weighted by atomic mass is 35.5. The van der Waals surface area contributed by atoms with Gasteiger partial charge in [0.2, 0.25) is 15.9 Å². The Morgan fingerprint density at radius 1 is 1.07 bits per heavy atom. The van der Waals surface area contributed by atoms with Gasteiger partial charge in [-0.2, -0.15) is 0 Å². The summed E-state index contributed by atoms with van der Waals surface area (Å²) in [6, 6.07) is 12.3. The Bertz CT molecular complexity index is 912. The summed E-state index contributed by atoms with van der Waals surface area (Å²) in [7, 11) is -3.88. The van der Waals surface area contributed by atoms with Crippen LogP contribution in [0.3, 0.4) is 0 Å². The molecule has 0 fully saturated rings. The number of sulfonamides is 1. The molecule has 3 N–H and O–H groups in total. The third-order valence-electron chi connectivity index (χ3n) is 3.75. The van der Waals surface area contributed by atoms with Crippen molar-refractivity contribution in [2.24, 2.45) is 5.92 Å². The van der Waals surface area contributed by atoms with Gasteiger partial charge in [0.25, 0.3) is 0 Å². The van der Waals surface area contributed by atoms with Crippen molar-refractivity contribution in [2.75, 3.05) is 11.9 Å². The Morgan fingerprint density at radius 2 is 1.67 bits per heavy atom. The Labute approximate surface area is 162 Å². The number of hydrogen-bond donors (Lipinski definition) is 3. The molecule has 0 aromatic heterocycles. The number of rotatable bonds is 8. The van der Waals surface area contributed by atoms with E-state index in [1.807, 2.05) is 0 Å². The second-order valence-corrected chi connectivity index (χ2v) is 8.13. The minimum atomic E-state index is -3.88. The number of carbonyl (C=O) groups is 2. The lowest BCUT2D eigenvalue weighted by atomic mass is 10.00. The lowest BCUT2D eigenvalue weighted by molar-refractivity contribution is -0.141. The van der Waals surface area contributed by atoms with E-state index in [1.54, 1.807) is 24.3 Å². The number of amides is 1. The van der Waals surface area contributed by atoms with Crippen LogP contribution in [0.5, 0.6) is 0 Å². The first-order valence-electron chi connectivity index (χ1n) is 8.02. The number of nitrogens with one attached hydrogen (secondary N) is 2. The third kappa shape index (κ3) is 6.35. The lowest BCUT2D eigenvalue weighted by Gasteiger charge is -2.14. The smallest absolute Gasteiger partial charge is 0.308 e. The number of benzene rings is 2. The highest BCUT2D eigenvalue weighted by Gasteiger charge is 2.22. The average Bonchev–Trinajstić information content (AvgIpc) is 2.60. The summed E-state index contributed by atoms with van der Waals surface area (Å²) in [6.07, 6.45) is 0.163. The number of carboxylic acids is 1. The predicted octanol–water partition coefficient (Wildman–Crippen LogP) is 2.52. The van der Waals surface area contributed by atoms with E-state index in [0.29, 0.717) is 10.7 Å². The number of aliphatic carboxylic acids is 1. The van der Waals surface area contributed by atoms with Crippen LogP contribution in [0, 0.1) is 5.92 Å². The highest BCUT2D eigenvalue weighted by molar-refractivity contribution is 7.89. The summed E-state index contributed by atoms with van der Waals surface area (Å²) in [4.78, 5) is 22.4. The molecular weight excluding hydrogens is 392 g/mol. The summed E-state index contributed by atoms with van der Waals surface area (Å²) in [5, 5.41) is 12.5. The lowest BCUT2D eigenvalue weighted by Crippen LogP contribution is -2.34. The molecule has 7 nitrogen and oxygen atoms in total.